The van der Waals surface area contributed by atoms with Gasteiger partial charge in [-0.15, -0.1) is 0 Å². The van der Waals surface area contributed by atoms with Gasteiger partial charge in [-0.05, 0) is 46.1 Å². The van der Waals surface area contributed by atoms with Gasteiger partial charge in [0.05, 0.1) is 13.3 Å². The first-order valence-corrected chi connectivity index (χ1v) is 9.19. The first-order valence-electron chi connectivity index (χ1n) is 9.19. The zero-order valence-electron chi connectivity index (χ0n) is 16.6. The van der Waals surface area contributed by atoms with E-state index in [0.717, 1.165) is 18.7 Å². The number of nitrogens with one attached hydrogen (secondary N) is 1. The van der Waals surface area contributed by atoms with E-state index in [1.807, 2.05) is 6.92 Å². The summed E-state index contributed by atoms with van der Waals surface area (Å²) < 4.78 is 12.1. The van der Waals surface area contributed by atoms with E-state index in [4.69, 9.17) is 14.6 Å². The molecular formula is C20H34N2O3. The molecule has 1 aromatic carbocycles. The van der Waals surface area contributed by atoms with E-state index in [2.05, 4.69) is 63.0 Å². The van der Waals surface area contributed by atoms with Crippen molar-refractivity contribution in [1.29, 1.82) is 0 Å². The Morgan fingerprint density at radius 1 is 1.36 bits per heavy atom. The Bertz CT molecular complexity index is 576. The Kier molecular flexibility index (Phi) is 6.49. The van der Waals surface area contributed by atoms with Crippen LogP contribution in [-0.2, 0) is 11.3 Å². The van der Waals surface area contributed by atoms with E-state index in [1.165, 1.54) is 11.1 Å². The summed E-state index contributed by atoms with van der Waals surface area (Å²) in [5.74, 6) is 1.29. The van der Waals surface area contributed by atoms with Gasteiger partial charge in [0.2, 0.25) is 0 Å². The molecule has 1 aliphatic heterocycles. The SMILES string of the molecule is CCC(C)(NCO)OCC(C)C(C)(C)N1COc2ccc(C)cc2C1. The molecule has 0 amide bonds. The second-order valence-corrected chi connectivity index (χ2v) is 7.87. The van der Waals surface area contributed by atoms with Gasteiger partial charge in [-0.3, -0.25) is 10.2 Å². The normalized spacial score (nSPS) is 19.0. The van der Waals surface area contributed by atoms with Gasteiger partial charge in [-0.2, -0.15) is 0 Å². The van der Waals surface area contributed by atoms with E-state index in [-0.39, 0.29) is 12.3 Å². The molecule has 0 radical (unpaired) electrons. The largest absolute Gasteiger partial charge is 0.478 e. The van der Waals surface area contributed by atoms with Gasteiger partial charge in [-0.25, -0.2) is 0 Å². The van der Waals surface area contributed by atoms with Gasteiger partial charge in [-0.1, -0.05) is 31.5 Å². The van der Waals surface area contributed by atoms with Crippen LogP contribution in [0, 0.1) is 12.8 Å². The van der Waals surface area contributed by atoms with Crippen molar-refractivity contribution in [2.24, 2.45) is 5.92 Å². The summed E-state index contributed by atoms with van der Waals surface area (Å²) in [5.41, 5.74) is 1.93. The molecular weight excluding hydrogens is 316 g/mol. The predicted molar refractivity (Wildman–Crippen MR) is 100 cm³/mol. The molecule has 0 bridgehead atoms. The van der Waals surface area contributed by atoms with E-state index < -0.39 is 5.72 Å². The second kappa shape index (κ2) is 8.04. The lowest BCUT2D eigenvalue weighted by Gasteiger charge is -2.45. The molecule has 2 unspecified atom stereocenters. The van der Waals surface area contributed by atoms with Crippen LogP contribution in [0.1, 0.15) is 52.2 Å². The van der Waals surface area contributed by atoms with Gasteiger partial charge >= 0.3 is 0 Å². The lowest BCUT2D eigenvalue weighted by Crippen LogP contribution is -2.53. The topological polar surface area (TPSA) is 54.0 Å². The first-order chi connectivity index (χ1) is 11.7. The van der Waals surface area contributed by atoms with Crippen molar-refractivity contribution in [1.82, 2.24) is 10.2 Å². The van der Waals surface area contributed by atoms with Crippen molar-refractivity contribution in [2.45, 2.75) is 65.8 Å². The fourth-order valence-corrected chi connectivity index (χ4v) is 3.01. The molecule has 1 aromatic rings. The highest BCUT2D eigenvalue weighted by molar-refractivity contribution is 5.38. The first kappa shape index (κ1) is 20.2. The lowest BCUT2D eigenvalue weighted by molar-refractivity contribution is -0.109. The second-order valence-electron chi connectivity index (χ2n) is 7.87. The molecule has 5 nitrogen and oxygen atoms in total. The minimum Gasteiger partial charge on any atom is -0.478 e. The summed E-state index contributed by atoms with van der Waals surface area (Å²) in [4.78, 5) is 2.37. The number of aliphatic hydroxyl groups excluding tert-OH is 1. The fourth-order valence-electron chi connectivity index (χ4n) is 3.01. The molecule has 142 valence electrons. The maximum atomic E-state index is 9.16. The molecule has 2 rings (SSSR count). The molecule has 2 N–H and O–H groups in total. The summed E-state index contributed by atoms with van der Waals surface area (Å²) in [6.07, 6.45) is 0.792. The van der Waals surface area contributed by atoms with Gasteiger partial charge in [0.15, 0.2) is 0 Å². The maximum absolute atomic E-state index is 9.16. The number of benzene rings is 1. The van der Waals surface area contributed by atoms with Crippen LogP contribution in [0.4, 0.5) is 0 Å². The minimum absolute atomic E-state index is 0.0741. The van der Waals surface area contributed by atoms with Crippen LogP contribution in [0.3, 0.4) is 0 Å². The molecule has 0 fully saturated rings. The third kappa shape index (κ3) is 4.73. The molecule has 0 spiro atoms. The smallest absolute Gasteiger partial charge is 0.142 e. The third-order valence-corrected chi connectivity index (χ3v) is 5.75. The summed E-state index contributed by atoms with van der Waals surface area (Å²) in [5, 5.41) is 12.2. The van der Waals surface area contributed by atoms with Crippen molar-refractivity contribution in [3.63, 3.8) is 0 Å². The molecule has 0 aliphatic carbocycles. The number of rotatable bonds is 8. The summed E-state index contributed by atoms with van der Waals surface area (Å²) >= 11 is 0. The van der Waals surface area contributed by atoms with Crippen molar-refractivity contribution in [3.05, 3.63) is 29.3 Å². The Morgan fingerprint density at radius 3 is 2.72 bits per heavy atom. The highest BCUT2D eigenvalue weighted by Gasteiger charge is 2.36. The highest BCUT2D eigenvalue weighted by Crippen LogP contribution is 2.33. The van der Waals surface area contributed by atoms with Crippen LogP contribution < -0.4 is 10.1 Å². The van der Waals surface area contributed by atoms with E-state index >= 15 is 0 Å². The van der Waals surface area contributed by atoms with E-state index in [9.17, 15) is 0 Å². The van der Waals surface area contributed by atoms with Crippen molar-refractivity contribution in [2.75, 3.05) is 20.1 Å². The third-order valence-electron chi connectivity index (χ3n) is 5.75. The van der Waals surface area contributed by atoms with Crippen LogP contribution in [0.15, 0.2) is 18.2 Å². The Labute approximate surface area is 152 Å². The molecule has 2 atom stereocenters. The molecule has 25 heavy (non-hydrogen) atoms. The van der Waals surface area contributed by atoms with Crippen molar-refractivity contribution >= 4 is 0 Å². The number of hydrogen-bond donors (Lipinski definition) is 2. The summed E-state index contributed by atoms with van der Waals surface area (Å²) in [6, 6.07) is 6.36. The molecule has 1 aliphatic rings. The van der Waals surface area contributed by atoms with E-state index in [1.54, 1.807) is 0 Å². The summed E-state index contributed by atoms with van der Waals surface area (Å²) in [7, 11) is 0. The van der Waals surface area contributed by atoms with Crippen LogP contribution in [0.2, 0.25) is 0 Å². The maximum Gasteiger partial charge on any atom is 0.142 e. The average Bonchev–Trinajstić information content (AvgIpc) is 2.59. The van der Waals surface area contributed by atoms with E-state index in [0.29, 0.717) is 19.3 Å². The minimum atomic E-state index is -0.499. The van der Waals surface area contributed by atoms with Crippen molar-refractivity contribution in [3.8, 4) is 5.75 Å². The van der Waals surface area contributed by atoms with Crippen LogP contribution in [-0.4, -0.2) is 41.3 Å². The van der Waals surface area contributed by atoms with Crippen LogP contribution in [0.25, 0.3) is 0 Å². The monoisotopic (exact) mass is 350 g/mol. The van der Waals surface area contributed by atoms with Gasteiger partial charge in [0.25, 0.3) is 0 Å². The fraction of sp³-hybridized carbons (Fsp3) is 0.700. The number of aliphatic hydroxyl groups is 1. The van der Waals surface area contributed by atoms with Gasteiger partial charge < -0.3 is 14.6 Å². The average molecular weight is 351 g/mol. The number of aryl methyl sites for hydroxylation is 1. The number of ether oxygens (including phenoxy) is 2. The number of fused-ring (bicyclic) bond motifs is 1. The Balaban J connectivity index is 2.02. The van der Waals surface area contributed by atoms with Gasteiger partial charge in [0, 0.05) is 17.6 Å². The summed E-state index contributed by atoms with van der Waals surface area (Å²) in [6.45, 7) is 14.8. The van der Waals surface area contributed by atoms with Gasteiger partial charge in [0.1, 0.15) is 18.2 Å². The van der Waals surface area contributed by atoms with Crippen LogP contribution >= 0.6 is 0 Å². The molecule has 0 saturated heterocycles. The van der Waals surface area contributed by atoms with Crippen LogP contribution in [0.5, 0.6) is 5.75 Å². The predicted octanol–water partition coefficient (Wildman–Crippen LogP) is 3.24. The highest BCUT2D eigenvalue weighted by atomic mass is 16.5. The molecule has 5 heteroatoms. The lowest BCUT2D eigenvalue weighted by atomic mass is 9.87. The molecule has 1 heterocycles. The zero-order valence-corrected chi connectivity index (χ0v) is 16.6. The zero-order chi connectivity index (χ0) is 18.7. The Morgan fingerprint density at radius 2 is 2.08 bits per heavy atom. The molecule has 0 aromatic heterocycles. The van der Waals surface area contributed by atoms with Crippen molar-refractivity contribution < 1.29 is 14.6 Å². The number of nitrogens with zero attached hydrogens (tertiary/aromatic N) is 1. The standard InChI is InChI=1S/C20H34N2O3/c1-7-20(6,21-13-23)25-12-16(3)19(4,5)22-11-17-10-15(2)8-9-18(17)24-14-22/h8-10,16,21,23H,7,11-14H2,1-6H3. The molecule has 0 saturated carbocycles. The number of hydrogen-bond acceptors (Lipinski definition) is 5. The Hall–Kier alpha value is -1.14. The quantitative estimate of drug-likeness (QED) is 0.705.